The van der Waals surface area contributed by atoms with E-state index in [1.807, 2.05) is 13.0 Å². The standard InChI is InChI=1S/C11H12BrNO/c1-3-8(2)6-11(14)10-5-4-9(12)7-13-10/h4-5,7H,2-3,6H2,1H3. The normalized spacial score (nSPS) is 9.86. The smallest absolute Gasteiger partial charge is 0.185 e. The van der Waals surface area contributed by atoms with Crippen molar-refractivity contribution < 1.29 is 4.79 Å². The maximum absolute atomic E-state index is 11.6. The third-order valence-corrected chi connectivity index (χ3v) is 2.39. The monoisotopic (exact) mass is 253 g/mol. The van der Waals surface area contributed by atoms with Gasteiger partial charge in [-0.15, -0.1) is 0 Å². The van der Waals surface area contributed by atoms with Crippen molar-refractivity contribution >= 4 is 21.7 Å². The van der Waals surface area contributed by atoms with Gasteiger partial charge in [-0.05, 0) is 34.5 Å². The number of nitrogens with zero attached hydrogens (tertiary/aromatic N) is 1. The zero-order valence-electron chi connectivity index (χ0n) is 8.09. The molecule has 0 amide bonds. The van der Waals surface area contributed by atoms with Crippen molar-refractivity contribution in [3.63, 3.8) is 0 Å². The summed E-state index contributed by atoms with van der Waals surface area (Å²) >= 11 is 3.27. The van der Waals surface area contributed by atoms with Crippen LogP contribution in [0.3, 0.4) is 0 Å². The van der Waals surface area contributed by atoms with Gasteiger partial charge in [0.15, 0.2) is 5.78 Å². The SMILES string of the molecule is C=C(CC)CC(=O)c1ccc(Br)cn1. The van der Waals surface area contributed by atoms with Gasteiger partial charge in [-0.3, -0.25) is 9.78 Å². The summed E-state index contributed by atoms with van der Waals surface area (Å²) in [6.07, 6.45) is 2.86. The summed E-state index contributed by atoms with van der Waals surface area (Å²) in [4.78, 5) is 15.6. The van der Waals surface area contributed by atoms with Gasteiger partial charge in [-0.2, -0.15) is 0 Å². The lowest BCUT2D eigenvalue weighted by atomic mass is 10.1. The van der Waals surface area contributed by atoms with Crippen molar-refractivity contribution in [1.29, 1.82) is 0 Å². The zero-order valence-corrected chi connectivity index (χ0v) is 9.67. The minimum atomic E-state index is 0.0318. The van der Waals surface area contributed by atoms with Crippen molar-refractivity contribution in [2.75, 3.05) is 0 Å². The predicted octanol–water partition coefficient (Wildman–Crippen LogP) is 3.38. The van der Waals surface area contributed by atoms with E-state index in [0.717, 1.165) is 16.5 Å². The molecule has 0 atom stereocenters. The lowest BCUT2D eigenvalue weighted by Gasteiger charge is -2.01. The van der Waals surface area contributed by atoms with Crippen LogP contribution in [0.25, 0.3) is 0 Å². The third-order valence-electron chi connectivity index (χ3n) is 1.92. The van der Waals surface area contributed by atoms with Crippen LogP contribution in [0.15, 0.2) is 35.0 Å². The molecule has 1 heterocycles. The highest BCUT2D eigenvalue weighted by molar-refractivity contribution is 9.10. The Labute approximate surface area is 92.2 Å². The van der Waals surface area contributed by atoms with E-state index in [-0.39, 0.29) is 5.78 Å². The van der Waals surface area contributed by atoms with Gasteiger partial charge in [0.1, 0.15) is 5.69 Å². The molecule has 1 rings (SSSR count). The topological polar surface area (TPSA) is 30.0 Å². The van der Waals surface area contributed by atoms with Gasteiger partial charge >= 0.3 is 0 Å². The largest absolute Gasteiger partial charge is 0.292 e. The number of hydrogen-bond acceptors (Lipinski definition) is 2. The van der Waals surface area contributed by atoms with Crippen molar-refractivity contribution in [2.45, 2.75) is 19.8 Å². The molecule has 14 heavy (non-hydrogen) atoms. The van der Waals surface area contributed by atoms with Gasteiger partial charge < -0.3 is 0 Å². The first-order valence-corrected chi connectivity index (χ1v) is 5.24. The van der Waals surface area contributed by atoms with Gasteiger partial charge in [0.25, 0.3) is 0 Å². The minimum absolute atomic E-state index is 0.0318. The van der Waals surface area contributed by atoms with Crippen LogP contribution in [0.5, 0.6) is 0 Å². The Hall–Kier alpha value is -0.960. The second-order valence-electron chi connectivity index (χ2n) is 3.07. The summed E-state index contributed by atoms with van der Waals surface area (Å²) in [5, 5.41) is 0. The second kappa shape index (κ2) is 5.05. The van der Waals surface area contributed by atoms with Gasteiger partial charge in [0.05, 0.1) is 0 Å². The van der Waals surface area contributed by atoms with E-state index < -0.39 is 0 Å². The van der Waals surface area contributed by atoms with Gasteiger partial charge in [0, 0.05) is 17.1 Å². The first-order chi connectivity index (χ1) is 6.63. The molecule has 0 saturated heterocycles. The van der Waals surface area contributed by atoms with Crippen LogP contribution < -0.4 is 0 Å². The summed E-state index contributed by atoms with van der Waals surface area (Å²) in [5.74, 6) is 0.0318. The van der Waals surface area contributed by atoms with Crippen molar-refractivity contribution in [2.24, 2.45) is 0 Å². The highest BCUT2D eigenvalue weighted by Crippen LogP contribution is 2.11. The van der Waals surface area contributed by atoms with Gasteiger partial charge in [0.2, 0.25) is 0 Å². The number of hydrogen-bond donors (Lipinski definition) is 0. The molecule has 2 nitrogen and oxygen atoms in total. The number of halogens is 1. The van der Waals surface area contributed by atoms with E-state index in [2.05, 4.69) is 27.5 Å². The molecule has 0 radical (unpaired) electrons. The van der Waals surface area contributed by atoms with Crippen molar-refractivity contribution in [3.8, 4) is 0 Å². The zero-order chi connectivity index (χ0) is 10.6. The molecule has 0 aliphatic heterocycles. The number of rotatable bonds is 4. The molecule has 3 heteroatoms. The van der Waals surface area contributed by atoms with Crippen molar-refractivity contribution in [1.82, 2.24) is 4.98 Å². The maximum Gasteiger partial charge on any atom is 0.185 e. The van der Waals surface area contributed by atoms with E-state index in [1.54, 1.807) is 12.3 Å². The molecule has 1 aromatic heterocycles. The molecule has 0 unspecified atom stereocenters. The van der Waals surface area contributed by atoms with Crippen LogP contribution in [0.2, 0.25) is 0 Å². The molecule has 0 N–H and O–H groups in total. The lowest BCUT2D eigenvalue weighted by Crippen LogP contribution is -2.02. The van der Waals surface area contributed by atoms with Crippen LogP contribution in [0, 0.1) is 0 Å². The summed E-state index contributed by atoms with van der Waals surface area (Å²) in [5.41, 5.74) is 1.45. The number of pyridine rings is 1. The third kappa shape index (κ3) is 3.07. The first kappa shape index (κ1) is 11.1. The molecule has 0 fully saturated rings. The highest BCUT2D eigenvalue weighted by atomic mass is 79.9. The molecule has 0 bridgehead atoms. The Morgan fingerprint density at radius 2 is 2.29 bits per heavy atom. The minimum Gasteiger partial charge on any atom is -0.292 e. The molecule has 0 saturated carbocycles. The summed E-state index contributed by atoms with van der Waals surface area (Å²) in [6, 6.07) is 3.53. The number of Topliss-reactive ketones (excluding diaryl/α,β-unsaturated/α-hetero) is 1. The number of ketones is 1. The van der Waals surface area contributed by atoms with Gasteiger partial charge in [-0.25, -0.2) is 0 Å². The molecule has 0 aromatic carbocycles. The fourth-order valence-corrected chi connectivity index (χ4v) is 1.22. The quantitative estimate of drug-likeness (QED) is 0.609. The highest BCUT2D eigenvalue weighted by Gasteiger charge is 2.07. The fourth-order valence-electron chi connectivity index (χ4n) is 0.983. The molecule has 0 aliphatic rings. The second-order valence-corrected chi connectivity index (χ2v) is 3.98. The number of carbonyl (C=O) groups is 1. The average molecular weight is 254 g/mol. The number of carbonyl (C=O) groups excluding carboxylic acids is 1. The average Bonchev–Trinajstić information content (AvgIpc) is 2.18. The van der Waals surface area contributed by atoms with E-state index in [1.165, 1.54) is 0 Å². The fraction of sp³-hybridized carbons (Fsp3) is 0.273. The van der Waals surface area contributed by atoms with Crippen LogP contribution in [0.4, 0.5) is 0 Å². The Morgan fingerprint density at radius 1 is 1.57 bits per heavy atom. The molecular weight excluding hydrogens is 242 g/mol. The lowest BCUT2D eigenvalue weighted by molar-refractivity contribution is 0.0987. The summed E-state index contributed by atoms with van der Waals surface area (Å²) in [7, 11) is 0. The summed E-state index contributed by atoms with van der Waals surface area (Å²) in [6.45, 7) is 5.79. The Morgan fingerprint density at radius 3 is 2.79 bits per heavy atom. The Balaban J connectivity index is 2.70. The predicted molar refractivity (Wildman–Crippen MR) is 60.3 cm³/mol. The van der Waals surface area contributed by atoms with Gasteiger partial charge in [-0.1, -0.05) is 19.1 Å². The Kier molecular flexibility index (Phi) is 4.01. The van der Waals surface area contributed by atoms with Crippen LogP contribution >= 0.6 is 15.9 Å². The molecule has 0 aliphatic carbocycles. The Bertz CT molecular complexity index is 343. The maximum atomic E-state index is 11.6. The van der Waals surface area contributed by atoms with E-state index in [9.17, 15) is 4.79 Å². The van der Waals surface area contributed by atoms with Crippen LogP contribution in [-0.4, -0.2) is 10.8 Å². The van der Waals surface area contributed by atoms with Crippen LogP contribution in [0.1, 0.15) is 30.3 Å². The molecule has 74 valence electrons. The number of aromatic nitrogens is 1. The molecule has 0 spiro atoms. The molecule has 1 aromatic rings. The van der Waals surface area contributed by atoms with E-state index >= 15 is 0 Å². The van der Waals surface area contributed by atoms with Crippen LogP contribution in [-0.2, 0) is 0 Å². The van der Waals surface area contributed by atoms with E-state index in [4.69, 9.17) is 0 Å². The van der Waals surface area contributed by atoms with E-state index in [0.29, 0.717) is 12.1 Å². The number of allylic oxidation sites excluding steroid dienone is 1. The summed E-state index contributed by atoms with van der Waals surface area (Å²) < 4.78 is 0.878. The first-order valence-electron chi connectivity index (χ1n) is 4.45. The van der Waals surface area contributed by atoms with Crippen molar-refractivity contribution in [3.05, 3.63) is 40.6 Å². The molecular formula is C11H12BrNO.